The van der Waals surface area contributed by atoms with Gasteiger partial charge in [0.25, 0.3) is 0 Å². The standard InChI is InChI=1S/C22H19NO2/c1-25-21-14-7-17(8-15-21)9-16-22(23-24)20-12-10-19(11-13-20)18-5-3-2-4-6-18/h2-16,24H,1H3/b16-9+,23-22-. The summed E-state index contributed by atoms with van der Waals surface area (Å²) < 4.78 is 5.15. The molecule has 0 aromatic heterocycles. The number of benzene rings is 3. The Labute approximate surface area is 147 Å². The van der Waals surface area contributed by atoms with Crippen LogP contribution in [0.25, 0.3) is 17.2 Å². The maximum Gasteiger partial charge on any atom is 0.118 e. The van der Waals surface area contributed by atoms with Gasteiger partial charge < -0.3 is 9.94 Å². The Morgan fingerprint density at radius 1 is 0.840 bits per heavy atom. The van der Waals surface area contributed by atoms with Crippen LogP contribution in [0.15, 0.2) is 90.1 Å². The van der Waals surface area contributed by atoms with E-state index in [4.69, 9.17) is 4.74 Å². The lowest BCUT2D eigenvalue weighted by molar-refractivity contribution is 0.320. The van der Waals surface area contributed by atoms with Gasteiger partial charge in [0.15, 0.2) is 0 Å². The van der Waals surface area contributed by atoms with E-state index in [1.54, 1.807) is 13.2 Å². The van der Waals surface area contributed by atoms with Crippen LogP contribution >= 0.6 is 0 Å². The van der Waals surface area contributed by atoms with Crippen LogP contribution in [0.3, 0.4) is 0 Å². The second kappa shape index (κ2) is 7.97. The molecule has 3 rings (SSSR count). The zero-order chi connectivity index (χ0) is 17.5. The van der Waals surface area contributed by atoms with Crippen LogP contribution < -0.4 is 4.74 Å². The van der Waals surface area contributed by atoms with E-state index < -0.39 is 0 Å². The molecule has 0 amide bonds. The predicted molar refractivity (Wildman–Crippen MR) is 102 cm³/mol. The minimum atomic E-state index is 0.510. The lowest BCUT2D eigenvalue weighted by Gasteiger charge is -2.04. The lowest BCUT2D eigenvalue weighted by atomic mass is 10.0. The number of ether oxygens (including phenoxy) is 1. The van der Waals surface area contributed by atoms with Crippen molar-refractivity contribution < 1.29 is 9.94 Å². The molecule has 3 heteroatoms. The van der Waals surface area contributed by atoms with Gasteiger partial charge in [-0.3, -0.25) is 0 Å². The molecule has 0 aliphatic rings. The van der Waals surface area contributed by atoms with Crippen LogP contribution in [0.1, 0.15) is 11.1 Å². The van der Waals surface area contributed by atoms with Gasteiger partial charge in [-0.15, -0.1) is 0 Å². The van der Waals surface area contributed by atoms with Gasteiger partial charge in [-0.1, -0.05) is 78.0 Å². The average molecular weight is 329 g/mol. The van der Waals surface area contributed by atoms with Gasteiger partial charge in [-0.25, -0.2) is 0 Å². The van der Waals surface area contributed by atoms with Crippen LogP contribution in [0, 0.1) is 0 Å². The predicted octanol–water partition coefficient (Wildman–Crippen LogP) is 5.25. The van der Waals surface area contributed by atoms with E-state index in [0.29, 0.717) is 5.71 Å². The van der Waals surface area contributed by atoms with Gasteiger partial charge in [0.05, 0.1) is 7.11 Å². The summed E-state index contributed by atoms with van der Waals surface area (Å²) in [5.74, 6) is 0.810. The summed E-state index contributed by atoms with van der Waals surface area (Å²) in [6.07, 6.45) is 3.69. The van der Waals surface area contributed by atoms with Crippen molar-refractivity contribution in [2.45, 2.75) is 0 Å². The fourth-order valence-corrected chi connectivity index (χ4v) is 2.54. The van der Waals surface area contributed by atoms with E-state index in [9.17, 15) is 5.21 Å². The minimum absolute atomic E-state index is 0.510. The summed E-state index contributed by atoms with van der Waals surface area (Å²) in [5, 5.41) is 12.8. The van der Waals surface area contributed by atoms with Crippen molar-refractivity contribution in [3.63, 3.8) is 0 Å². The number of allylic oxidation sites excluding steroid dienone is 1. The van der Waals surface area contributed by atoms with Crippen LogP contribution in [0.4, 0.5) is 0 Å². The number of hydrogen-bond acceptors (Lipinski definition) is 3. The molecule has 0 radical (unpaired) electrons. The van der Waals surface area contributed by atoms with Crippen LogP contribution in [-0.2, 0) is 0 Å². The first-order valence-electron chi connectivity index (χ1n) is 8.00. The average Bonchev–Trinajstić information content (AvgIpc) is 2.70. The molecule has 0 bridgehead atoms. The molecule has 0 saturated heterocycles. The molecule has 124 valence electrons. The highest BCUT2D eigenvalue weighted by Crippen LogP contribution is 2.20. The Morgan fingerprint density at radius 2 is 1.48 bits per heavy atom. The zero-order valence-electron chi connectivity index (χ0n) is 14.0. The summed E-state index contributed by atoms with van der Waals surface area (Å²) in [6.45, 7) is 0. The fraction of sp³-hybridized carbons (Fsp3) is 0.0455. The van der Waals surface area contributed by atoms with E-state index >= 15 is 0 Å². The van der Waals surface area contributed by atoms with Crippen molar-refractivity contribution >= 4 is 11.8 Å². The Morgan fingerprint density at radius 3 is 2.08 bits per heavy atom. The molecular formula is C22H19NO2. The van der Waals surface area contributed by atoms with Crippen molar-refractivity contribution in [3.8, 4) is 16.9 Å². The van der Waals surface area contributed by atoms with E-state index in [-0.39, 0.29) is 0 Å². The monoisotopic (exact) mass is 329 g/mol. The third-order valence-electron chi connectivity index (χ3n) is 3.94. The van der Waals surface area contributed by atoms with Gasteiger partial charge in [-0.05, 0) is 34.9 Å². The quantitative estimate of drug-likeness (QED) is 0.394. The summed E-state index contributed by atoms with van der Waals surface area (Å²) in [5.41, 5.74) is 4.65. The molecule has 0 aliphatic carbocycles. The normalized spacial score (nSPS) is 11.6. The van der Waals surface area contributed by atoms with Crippen molar-refractivity contribution in [3.05, 3.63) is 96.1 Å². The second-order valence-corrected chi connectivity index (χ2v) is 5.54. The van der Waals surface area contributed by atoms with E-state index in [0.717, 1.165) is 28.0 Å². The number of nitrogens with zero attached hydrogens (tertiary/aromatic N) is 1. The molecule has 0 atom stereocenters. The summed E-state index contributed by atoms with van der Waals surface area (Å²) in [7, 11) is 1.64. The van der Waals surface area contributed by atoms with Gasteiger partial charge in [0.2, 0.25) is 0 Å². The van der Waals surface area contributed by atoms with Crippen LogP contribution in [-0.4, -0.2) is 18.0 Å². The fourth-order valence-electron chi connectivity index (χ4n) is 2.54. The molecule has 0 spiro atoms. The van der Waals surface area contributed by atoms with Gasteiger partial charge >= 0.3 is 0 Å². The van der Waals surface area contributed by atoms with E-state index in [1.807, 2.05) is 72.8 Å². The lowest BCUT2D eigenvalue weighted by Crippen LogP contribution is -1.96. The summed E-state index contributed by atoms with van der Waals surface area (Å²) in [6, 6.07) is 25.8. The largest absolute Gasteiger partial charge is 0.497 e. The Bertz CT molecular complexity index is 864. The maximum absolute atomic E-state index is 9.34. The first kappa shape index (κ1) is 16.5. The molecule has 0 fully saturated rings. The van der Waals surface area contributed by atoms with E-state index in [1.165, 1.54) is 0 Å². The number of rotatable bonds is 5. The molecule has 1 N–H and O–H groups in total. The summed E-state index contributed by atoms with van der Waals surface area (Å²) >= 11 is 0. The smallest absolute Gasteiger partial charge is 0.118 e. The first-order chi connectivity index (χ1) is 12.3. The van der Waals surface area contributed by atoms with Crippen molar-refractivity contribution in [2.24, 2.45) is 5.16 Å². The highest BCUT2D eigenvalue weighted by Gasteiger charge is 2.02. The Balaban J connectivity index is 1.77. The molecule has 0 heterocycles. The molecule has 25 heavy (non-hydrogen) atoms. The SMILES string of the molecule is COc1ccc(/C=C/C(=N/O)c2ccc(-c3ccccc3)cc2)cc1. The molecule has 3 nitrogen and oxygen atoms in total. The first-order valence-corrected chi connectivity index (χ1v) is 8.00. The van der Waals surface area contributed by atoms with Crippen molar-refractivity contribution in [1.82, 2.24) is 0 Å². The van der Waals surface area contributed by atoms with Crippen molar-refractivity contribution in [2.75, 3.05) is 7.11 Å². The van der Waals surface area contributed by atoms with Crippen LogP contribution in [0.5, 0.6) is 5.75 Å². The molecule has 0 aliphatic heterocycles. The maximum atomic E-state index is 9.34. The number of hydrogen-bond donors (Lipinski definition) is 1. The van der Waals surface area contributed by atoms with Crippen LogP contribution in [0.2, 0.25) is 0 Å². The van der Waals surface area contributed by atoms with Gasteiger partial charge in [0.1, 0.15) is 11.5 Å². The molecule has 0 saturated carbocycles. The molecule has 0 unspecified atom stereocenters. The Kier molecular flexibility index (Phi) is 5.27. The summed E-state index contributed by atoms with van der Waals surface area (Å²) in [4.78, 5) is 0. The zero-order valence-corrected chi connectivity index (χ0v) is 14.0. The van der Waals surface area contributed by atoms with Crippen molar-refractivity contribution in [1.29, 1.82) is 0 Å². The molecule has 3 aromatic carbocycles. The third-order valence-corrected chi connectivity index (χ3v) is 3.94. The molecule has 3 aromatic rings. The highest BCUT2D eigenvalue weighted by atomic mass is 16.5. The molecular weight excluding hydrogens is 310 g/mol. The Hall–Kier alpha value is -3.33. The van der Waals surface area contributed by atoms with Gasteiger partial charge in [0, 0.05) is 5.56 Å². The minimum Gasteiger partial charge on any atom is -0.497 e. The number of oxime groups is 1. The number of methoxy groups -OCH3 is 1. The van der Waals surface area contributed by atoms with Gasteiger partial charge in [-0.2, -0.15) is 0 Å². The topological polar surface area (TPSA) is 41.8 Å². The second-order valence-electron chi connectivity index (χ2n) is 5.54. The highest BCUT2D eigenvalue weighted by molar-refractivity contribution is 6.10. The third kappa shape index (κ3) is 4.15. The van der Waals surface area contributed by atoms with E-state index in [2.05, 4.69) is 17.3 Å².